The van der Waals surface area contributed by atoms with Gasteiger partial charge in [0, 0.05) is 16.8 Å². The highest BCUT2D eigenvalue weighted by atomic mass is 32.2. The van der Waals surface area contributed by atoms with Gasteiger partial charge in [-0.3, -0.25) is 14.3 Å². The molecule has 14 heteroatoms. The van der Waals surface area contributed by atoms with E-state index in [1.165, 1.54) is 31.2 Å². The van der Waals surface area contributed by atoms with Crippen LogP contribution in [-0.4, -0.2) is 57.7 Å². The van der Waals surface area contributed by atoms with E-state index in [4.69, 9.17) is 4.74 Å². The van der Waals surface area contributed by atoms with Gasteiger partial charge in [0.2, 0.25) is 10.0 Å². The van der Waals surface area contributed by atoms with Gasteiger partial charge in [0.05, 0.1) is 11.9 Å². The van der Waals surface area contributed by atoms with Crippen molar-refractivity contribution in [2.75, 3.05) is 16.3 Å². The number of nitrogens with one attached hydrogen (secondary N) is 2. The molecule has 4 rings (SSSR count). The van der Waals surface area contributed by atoms with E-state index in [1.807, 2.05) is 13.8 Å². The van der Waals surface area contributed by atoms with Crippen molar-refractivity contribution in [2.24, 2.45) is 16.2 Å². The number of carboxylic acids is 1. The molecule has 0 aromatic heterocycles. The van der Waals surface area contributed by atoms with E-state index in [2.05, 4.69) is 14.4 Å². The molecule has 214 valence electrons. The molecule has 0 bridgehead atoms. The molecule has 3 atom stereocenters. The van der Waals surface area contributed by atoms with Gasteiger partial charge in [0.25, 0.3) is 10.0 Å². The van der Waals surface area contributed by atoms with E-state index in [1.54, 1.807) is 12.1 Å². The van der Waals surface area contributed by atoms with Crippen molar-refractivity contribution in [3.63, 3.8) is 0 Å². The lowest BCUT2D eigenvalue weighted by Crippen LogP contribution is -2.55. The van der Waals surface area contributed by atoms with Crippen LogP contribution in [0, 0.1) is 11.8 Å². The van der Waals surface area contributed by atoms with Crippen LogP contribution in [0.4, 0.5) is 11.4 Å². The molecule has 3 unspecified atom stereocenters. The lowest BCUT2D eigenvalue weighted by atomic mass is 9.68. The van der Waals surface area contributed by atoms with Crippen LogP contribution in [0.2, 0.25) is 0 Å². The van der Waals surface area contributed by atoms with Crippen molar-refractivity contribution >= 4 is 54.8 Å². The van der Waals surface area contributed by atoms with Crippen LogP contribution in [0.3, 0.4) is 0 Å². The smallest absolute Gasteiger partial charge is 0.332 e. The van der Waals surface area contributed by atoms with Crippen LogP contribution in [-0.2, 0) is 40.0 Å². The number of amidine groups is 1. The third-order valence-corrected chi connectivity index (χ3v) is 8.60. The van der Waals surface area contributed by atoms with E-state index in [-0.39, 0.29) is 39.7 Å². The predicted octanol–water partition coefficient (Wildman–Crippen LogP) is 2.77. The van der Waals surface area contributed by atoms with Crippen molar-refractivity contribution < 1.29 is 41.1 Å². The second-order valence-corrected chi connectivity index (χ2v) is 13.5. The Bertz CT molecular complexity index is 1650. The first-order valence-corrected chi connectivity index (χ1v) is 15.7. The Labute approximate surface area is 231 Å². The first-order chi connectivity index (χ1) is 18.6. The van der Waals surface area contributed by atoms with Crippen molar-refractivity contribution in [3.05, 3.63) is 53.6 Å². The van der Waals surface area contributed by atoms with Crippen LogP contribution in [0.25, 0.3) is 0 Å². The number of carbonyl (C=O) groups excluding carboxylic acids is 2. The third-order valence-electron chi connectivity index (χ3n) is 6.67. The van der Waals surface area contributed by atoms with Gasteiger partial charge >= 0.3 is 5.97 Å². The number of rotatable bonds is 9. The molecule has 1 aliphatic heterocycles. The third kappa shape index (κ3) is 5.51. The molecule has 2 aromatic carbocycles. The number of carbonyl (C=O) groups is 3. The van der Waals surface area contributed by atoms with Crippen molar-refractivity contribution in [3.8, 4) is 0 Å². The minimum atomic E-state index is -4.49. The largest absolute Gasteiger partial charge is 0.479 e. The van der Waals surface area contributed by atoms with Gasteiger partial charge < -0.3 is 15.2 Å². The zero-order valence-corrected chi connectivity index (χ0v) is 23.8. The fourth-order valence-corrected chi connectivity index (χ4v) is 6.54. The number of Topliss-reactive ketones (excluding diaryl/α,β-unsaturated/α-hetero) is 2. The number of ether oxygens (including phenoxy) is 1. The van der Waals surface area contributed by atoms with Crippen LogP contribution >= 0.6 is 0 Å². The Balaban J connectivity index is 1.86. The van der Waals surface area contributed by atoms with Gasteiger partial charge in [-0.25, -0.2) is 13.2 Å². The molecule has 0 spiro atoms. The fourth-order valence-electron chi connectivity index (χ4n) is 4.80. The number of fused-ring (bicyclic) bond motifs is 2. The number of carboxylic acid groups (broad SMARTS) is 1. The summed E-state index contributed by atoms with van der Waals surface area (Å²) in [7, 11) is -8.19. The highest BCUT2D eigenvalue weighted by Crippen LogP contribution is 2.44. The van der Waals surface area contributed by atoms with E-state index in [9.17, 15) is 36.3 Å². The Morgan fingerprint density at radius 3 is 2.48 bits per heavy atom. The summed E-state index contributed by atoms with van der Waals surface area (Å²) in [6.45, 7) is 5.11. The molecule has 0 saturated heterocycles. The summed E-state index contributed by atoms with van der Waals surface area (Å²) < 4.78 is 61.6. The van der Waals surface area contributed by atoms with Gasteiger partial charge in [-0.1, -0.05) is 38.1 Å². The molecule has 2 aliphatic rings. The van der Waals surface area contributed by atoms with E-state index in [0.717, 1.165) is 12.3 Å². The Kier molecular flexibility index (Phi) is 7.64. The number of ketones is 2. The van der Waals surface area contributed by atoms with Gasteiger partial charge in [0.1, 0.15) is 16.6 Å². The van der Waals surface area contributed by atoms with Crippen LogP contribution in [0.5, 0.6) is 0 Å². The zero-order valence-electron chi connectivity index (χ0n) is 22.2. The molecular formula is C26H29N3O9S2. The predicted molar refractivity (Wildman–Crippen MR) is 146 cm³/mol. The second-order valence-electron chi connectivity index (χ2n) is 10.2. The van der Waals surface area contributed by atoms with E-state index >= 15 is 0 Å². The molecule has 40 heavy (non-hydrogen) atoms. The topological polar surface area (TPSA) is 185 Å². The minimum absolute atomic E-state index is 0.0175. The molecule has 0 radical (unpaired) electrons. The maximum Gasteiger partial charge on any atom is 0.332 e. The summed E-state index contributed by atoms with van der Waals surface area (Å²) >= 11 is 0. The molecule has 0 saturated carbocycles. The SMILES string of the molecule is CC(C)CCC1(OC(C)C(=O)O)C(=O)C(C2=NS(=O)(=O)c3cc(NS(C)(=O)=O)ccc3N2)C(=O)c2ccccc21. The fraction of sp³-hybridized carbons (Fsp3) is 0.385. The highest BCUT2D eigenvalue weighted by molar-refractivity contribution is 7.92. The molecule has 12 nitrogen and oxygen atoms in total. The highest BCUT2D eigenvalue weighted by Gasteiger charge is 2.56. The van der Waals surface area contributed by atoms with Gasteiger partial charge in [-0.2, -0.15) is 8.42 Å². The molecule has 1 heterocycles. The van der Waals surface area contributed by atoms with Crippen molar-refractivity contribution in [1.82, 2.24) is 0 Å². The normalized spacial score (nSPS) is 22.5. The number of benzene rings is 2. The van der Waals surface area contributed by atoms with Gasteiger partial charge in [-0.05, 0) is 43.9 Å². The van der Waals surface area contributed by atoms with E-state index in [0.29, 0.717) is 6.42 Å². The maximum atomic E-state index is 14.3. The number of aliphatic carboxylic acids is 1. The summed E-state index contributed by atoms with van der Waals surface area (Å²) in [6, 6.07) is 9.88. The molecule has 1 aliphatic carbocycles. The number of anilines is 2. The lowest BCUT2D eigenvalue weighted by Gasteiger charge is -2.42. The molecule has 0 amide bonds. The summed E-state index contributed by atoms with van der Waals surface area (Å²) in [5.74, 6) is -4.96. The minimum Gasteiger partial charge on any atom is -0.479 e. The van der Waals surface area contributed by atoms with Crippen LogP contribution in [0.1, 0.15) is 49.5 Å². The summed E-state index contributed by atoms with van der Waals surface area (Å²) in [6.07, 6.45) is -0.0415. The molecule has 0 fully saturated rings. The monoisotopic (exact) mass is 591 g/mol. The summed E-state index contributed by atoms with van der Waals surface area (Å²) in [4.78, 5) is 39.5. The number of hydrogen-bond donors (Lipinski definition) is 3. The first kappa shape index (κ1) is 29.4. The maximum absolute atomic E-state index is 14.3. The zero-order chi connectivity index (χ0) is 29.6. The van der Waals surface area contributed by atoms with Crippen molar-refractivity contribution in [1.29, 1.82) is 0 Å². The van der Waals surface area contributed by atoms with Gasteiger partial charge in [0.15, 0.2) is 23.3 Å². The average molecular weight is 592 g/mol. The Morgan fingerprint density at radius 1 is 1.18 bits per heavy atom. The Hall–Kier alpha value is -3.62. The molecule has 2 aromatic rings. The van der Waals surface area contributed by atoms with Gasteiger partial charge in [-0.15, -0.1) is 4.40 Å². The average Bonchev–Trinajstić information content (AvgIpc) is 2.85. The van der Waals surface area contributed by atoms with Crippen LogP contribution in [0.15, 0.2) is 51.8 Å². The van der Waals surface area contributed by atoms with Crippen molar-refractivity contribution in [2.45, 2.75) is 50.2 Å². The number of hydrogen-bond acceptors (Lipinski definition) is 9. The van der Waals surface area contributed by atoms with Crippen LogP contribution < -0.4 is 10.0 Å². The first-order valence-electron chi connectivity index (χ1n) is 12.4. The Morgan fingerprint density at radius 2 is 1.85 bits per heavy atom. The molecule has 3 N–H and O–H groups in total. The standard InChI is InChI=1S/C26H29N3O9S2/c1-14(2)11-12-26(38-15(3)25(32)33)18-8-6-5-7-17(18)22(30)21(23(26)31)24-27-19-10-9-16(28-39(4,34)35)13-20(19)40(36,37)29-24/h5-10,13-15,21,28H,11-12H2,1-4H3,(H,27,29)(H,32,33). The second kappa shape index (κ2) is 10.4. The lowest BCUT2D eigenvalue weighted by molar-refractivity contribution is -0.173. The summed E-state index contributed by atoms with van der Waals surface area (Å²) in [5, 5.41) is 12.4. The molecular weight excluding hydrogens is 562 g/mol. The summed E-state index contributed by atoms with van der Waals surface area (Å²) in [5.41, 5.74) is -1.60. The quantitative estimate of drug-likeness (QED) is 0.366. The number of nitrogens with zero attached hydrogens (tertiary/aromatic N) is 1. The number of sulfonamides is 2. The van der Waals surface area contributed by atoms with E-state index < -0.39 is 61.0 Å².